The Balaban J connectivity index is 0.00000146. The molecule has 0 aliphatic carbocycles. The molecule has 0 spiro atoms. The van der Waals surface area contributed by atoms with E-state index in [1.54, 1.807) is 0 Å². The molecule has 0 amide bonds. The van der Waals surface area contributed by atoms with Gasteiger partial charge in [0.1, 0.15) is 17.1 Å². The number of allylic oxidation sites excluding steroid dienone is 2. The number of aliphatic hydroxyl groups is 1. The van der Waals surface area contributed by atoms with E-state index in [4.69, 9.17) is 9.84 Å². The SMILES string of the molecule is CC.CO.O=C1/C=C/CCCCCCOC(=O)c2c(O)cc(O)cc2C1. The zero-order valence-electron chi connectivity index (χ0n) is 15.8. The lowest BCUT2D eigenvalue weighted by molar-refractivity contribution is -0.114. The maximum atomic E-state index is 12.1. The van der Waals surface area contributed by atoms with Gasteiger partial charge in [-0.3, -0.25) is 4.79 Å². The number of benzene rings is 1. The summed E-state index contributed by atoms with van der Waals surface area (Å²) in [6, 6.07) is 2.39. The molecule has 0 saturated carbocycles. The highest BCUT2D eigenvalue weighted by molar-refractivity contribution is 5.98. The minimum Gasteiger partial charge on any atom is -0.508 e. The Morgan fingerprint density at radius 2 is 1.62 bits per heavy atom. The fourth-order valence-corrected chi connectivity index (χ4v) is 2.46. The van der Waals surface area contributed by atoms with E-state index in [1.165, 1.54) is 12.1 Å². The molecule has 146 valence electrons. The van der Waals surface area contributed by atoms with Gasteiger partial charge in [-0.05, 0) is 37.0 Å². The number of hydrogen-bond donors (Lipinski definition) is 3. The normalized spacial score (nSPS) is 16.5. The number of phenolic OH excluding ortho intramolecular Hbond substituents is 2. The topological polar surface area (TPSA) is 104 Å². The molecule has 0 radical (unpaired) electrons. The van der Waals surface area contributed by atoms with E-state index in [0.717, 1.165) is 45.3 Å². The summed E-state index contributed by atoms with van der Waals surface area (Å²) in [5, 5.41) is 26.5. The van der Waals surface area contributed by atoms with Gasteiger partial charge in [-0.25, -0.2) is 4.79 Å². The average molecular weight is 366 g/mol. The average Bonchev–Trinajstić information content (AvgIpc) is 2.62. The van der Waals surface area contributed by atoms with Gasteiger partial charge in [0.05, 0.1) is 6.61 Å². The van der Waals surface area contributed by atoms with Crippen LogP contribution in [-0.4, -0.2) is 40.8 Å². The van der Waals surface area contributed by atoms with Gasteiger partial charge in [-0.1, -0.05) is 32.8 Å². The van der Waals surface area contributed by atoms with Crippen molar-refractivity contribution < 1.29 is 29.6 Å². The van der Waals surface area contributed by atoms with Gasteiger partial charge in [-0.2, -0.15) is 0 Å². The van der Waals surface area contributed by atoms with Gasteiger partial charge in [0.15, 0.2) is 5.78 Å². The largest absolute Gasteiger partial charge is 0.508 e. The van der Waals surface area contributed by atoms with Crippen molar-refractivity contribution in [2.24, 2.45) is 0 Å². The fourth-order valence-electron chi connectivity index (χ4n) is 2.46. The Bertz CT molecular complexity index is 592. The molecule has 0 fully saturated rings. The summed E-state index contributed by atoms with van der Waals surface area (Å²) < 4.78 is 5.16. The lowest BCUT2D eigenvalue weighted by atomic mass is 10.00. The van der Waals surface area contributed by atoms with Crippen LogP contribution in [0.5, 0.6) is 11.5 Å². The molecule has 26 heavy (non-hydrogen) atoms. The Morgan fingerprint density at radius 1 is 0.962 bits per heavy atom. The monoisotopic (exact) mass is 366 g/mol. The highest BCUT2D eigenvalue weighted by atomic mass is 16.5. The minimum atomic E-state index is -0.665. The third kappa shape index (κ3) is 8.16. The standard InChI is InChI=1S/C17H20O5.C2H6.CH4O/c18-13-7-5-3-1-2-4-6-8-22-17(21)16-12(9-13)10-14(19)11-15(16)20;2*1-2/h5,7,10-11,19-20H,1-4,6,8-9H2;1-2H3;2H,1H3/b7-5+;;. The number of ketones is 1. The van der Waals surface area contributed by atoms with Crippen LogP contribution in [0.3, 0.4) is 0 Å². The number of esters is 1. The molecule has 0 saturated heterocycles. The van der Waals surface area contributed by atoms with Crippen LogP contribution in [0, 0.1) is 0 Å². The summed E-state index contributed by atoms with van der Waals surface area (Å²) in [5.41, 5.74) is 0.228. The number of carbonyl (C=O) groups is 2. The van der Waals surface area contributed by atoms with Crippen LogP contribution in [0.2, 0.25) is 0 Å². The number of phenols is 2. The molecule has 1 aromatic rings. The van der Waals surface area contributed by atoms with Crippen LogP contribution in [0.4, 0.5) is 0 Å². The van der Waals surface area contributed by atoms with Crippen molar-refractivity contribution in [3.63, 3.8) is 0 Å². The van der Waals surface area contributed by atoms with Crippen LogP contribution in [-0.2, 0) is 16.0 Å². The molecule has 0 bridgehead atoms. The molecular weight excluding hydrogens is 336 g/mol. The molecule has 1 heterocycles. The summed E-state index contributed by atoms with van der Waals surface area (Å²) in [6.45, 7) is 4.28. The number of ether oxygens (including phenoxy) is 1. The third-order valence-electron chi connectivity index (χ3n) is 3.55. The molecule has 1 aliphatic rings. The Kier molecular flexibility index (Phi) is 12.6. The minimum absolute atomic E-state index is 0.0448. The molecule has 1 aromatic carbocycles. The van der Waals surface area contributed by atoms with E-state index in [1.807, 2.05) is 19.9 Å². The zero-order chi connectivity index (χ0) is 19.9. The fraction of sp³-hybridized carbons (Fsp3) is 0.500. The first-order valence-corrected chi connectivity index (χ1v) is 8.94. The molecular formula is C20H30O6. The van der Waals surface area contributed by atoms with Crippen molar-refractivity contribution in [3.05, 3.63) is 35.4 Å². The number of aliphatic hydroxyl groups excluding tert-OH is 1. The highest BCUT2D eigenvalue weighted by Gasteiger charge is 2.20. The Hall–Kier alpha value is -2.34. The maximum absolute atomic E-state index is 12.1. The Labute approximate surface area is 155 Å². The molecule has 1 aliphatic heterocycles. The van der Waals surface area contributed by atoms with Crippen molar-refractivity contribution in [1.29, 1.82) is 0 Å². The number of fused-ring (bicyclic) bond motifs is 1. The van der Waals surface area contributed by atoms with Crippen LogP contribution < -0.4 is 0 Å². The molecule has 0 aromatic heterocycles. The summed E-state index contributed by atoms with van der Waals surface area (Å²) in [6.07, 6.45) is 7.82. The third-order valence-corrected chi connectivity index (χ3v) is 3.55. The number of carbonyl (C=O) groups excluding carboxylic acids is 2. The van der Waals surface area contributed by atoms with E-state index in [9.17, 15) is 19.8 Å². The number of cyclic esters (lactones) is 1. The van der Waals surface area contributed by atoms with E-state index >= 15 is 0 Å². The Morgan fingerprint density at radius 3 is 2.31 bits per heavy atom. The molecule has 6 heteroatoms. The summed E-state index contributed by atoms with van der Waals surface area (Å²) in [4.78, 5) is 24.1. The van der Waals surface area contributed by atoms with Crippen molar-refractivity contribution in [2.45, 2.75) is 52.4 Å². The van der Waals surface area contributed by atoms with Crippen LogP contribution in [0.15, 0.2) is 24.3 Å². The van der Waals surface area contributed by atoms with Crippen molar-refractivity contribution in [2.75, 3.05) is 13.7 Å². The first-order valence-electron chi connectivity index (χ1n) is 8.94. The van der Waals surface area contributed by atoms with Crippen molar-refractivity contribution >= 4 is 11.8 Å². The van der Waals surface area contributed by atoms with Gasteiger partial charge in [0, 0.05) is 19.6 Å². The summed E-state index contributed by atoms with van der Waals surface area (Å²) in [7, 11) is 1.00. The van der Waals surface area contributed by atoms with Crippen molar-refractivity contribution in [1.82, 2.24) is 0 Å². The molecule has 2 rings (SSSR count). The molecule has 0 atom stereocenters. The molecule has 3 N–H and O–H groups in total. The van der Waals surface area contributed by atoms with Crippen LogP contribution in [0.1, 0.15) is 61.9 Å². The van der Waals surface area contributed by atoms with Gasteiger partial charge < -0.3 is 20.1 Å². The predicted octanol–water partition coefficient (Wildman–Crippen LogP) is 3.52. The van der Waals surface area contributed by atoms with Gasteiger partial charge in [0.25, 0.3) is 0 Å². The smallest absolute Gasteiger partial charge is 0.342 e. The van der Waals surface area contributed by atoms with E-state index < -0.39 is 5.97 Å². The lowest BCUT2D eigenvalue weighted by Gasteiger charge is -2.12. The summed E-state index contributed by atoms with van der Waals surface area (Å²) >= 11 is 0. The molecule has 6 nitrogen and oxygen atoms in total. The van der Waals surface area contributed by atoms with Gasteiger partial charge in [0.2, 0.25) is 0 Å². The van der Waals surface area contributed by atoms with E-state index in [2.05, 4.69) is 0 Å². The second-order valence-electron chi connectivity index (χ2n) is 5.38. The first kappa shape index (κ1) is 23.7. The van der Waals surface area contributed by atoms with Crippen LogP contribution in [0.25, 0.3) is 0 Å². The van der Waals surface area contributed by atoms with Crippen molar-refractivity contribution in [3.8, 4) is 11.5 Å². The highest BCUT2D eigenvalue weighted by Crippen LogP contribution is 2.28. The van der Waals surface area contributed by atoms with E-state index in [-0.39, 0.29) is 41.4 Å². The van der Waals surface area contributed by atoms with Crippen LogP contribution >= 0.6 is 0 Å². The molecule has 0 unspecified atom stereocenters. The summed E-state index contributed by atoms with van der Waals surface area (Å²) in [5.74, 6) is -1.41. The number of rotatable bonds is 0. The lowest BCUT2D eigenvalue weighted by Crippen LogP contribution is -2.12. The predicted molar refractivity (Wildman–Crippen MR) is 100 cm³/mol. The van der Waals surface area contributed by atoms with Gasteiger partial charge >= 0.3 is 5.97 Å². The zero-order valence-corrected chi connectivity index (χ0v) is 15.8. The second-order valence-corrected chi connectivity index (χ2v) is 5.38. The number of hydrogen-bond acceptors (Lipinski definition) is 6. The first-order chi connectivity index (χ1) is 12.6. The number of aromatic hydroxyl groups is 2. The van der Waals surface area contributed by atoms with E-state index in [0.29, 0.717) is 0 Å². The maximum Gasteiger partial charge on any atom is 0.342 e. The second kappa shape index (κ2) is 13.9. The van der Waals surface area contributed by atoms with Gasteiger partial charge in [-0.15, -0.1) is 0 Å². The quantitative estimate of drug-likeness (QED) is 0.607.